The van der Waals surface area contributed by atoms with Crippen LogP contribution in [0.15, 0.2) is 60.9 Å². The Bertz CT molecular complexity index is 2360. The van der Waals surface area contributed by atoms with Crippen LogP contribution in [0.5, 0.6) is 0 Å². The summed E-state index contributed by atoms with van der Waals surface area (Å²) in [6, 6.07) is 14.7. The number of nitrogens with one attached hydrogen (secondary N) is 2. The number of fused-ring (bicyclic) bond motifs is 1. The predicted octanol–water partition coefficient (Wildman–Crippen LogP) is 7.20. The summed E-state index contributed by atoms with van der Waals surface area (Å²) in [5, 5.41) is 18.6. The minimum atomic E-state index is -0.780. The van der Waals surface area contributed by atoms with Crippen molar-refractivity contribution in [2.75, 3.05) is 11.1 Å². The number of carbonyl (C=O) groups is 1. The molecule has 0 fully saturated rings. The van der Waals surface area contributed by atoms with E-state index in [1.54, 1.807) is 78.8 Å². The first-order valence-corrected chi connectivity index (χ1v) is 17.5. The van der Waals surface area contributed by atoms with Gasteiger partial charge < -0.3 is 25.9 Å². The summed E-state index contributed by atoms with van der Waals surface area (Å²) in [5.41, 5.74) is 13.2. The van der Waals surface area contributed by atoms with Crippen LogP contribution in [0.4, 0.5) is 20.4 Å². The van der Waals surface area contributed by atoms with Crippen molar-refractivity contribution < 1.29 is 23.2 Å². The van der Waals surface area contributed by atoms with Crippen molar-refractivity contribution >= 4 is 41.9 Å². The number of nitrogens with zero attached hydrogens (tertiary/aromatic N) is 8. The number of nitrogen functional groups attached to an aromatic ring is 2. The predicted molar refractivity (Wildman–Crippen MR) is 229 cm³/mol. The first-order chi connectivity index (χ1) is 26.8. The Labute approximate surface area is 356 Å². The number of imidazole rings is 2. The van der Waals surface area contributed by atoms with Crippen molar-refractivity contribution in [1.29, 1.82) is 10.7 Å². The van der Waals surface area contributed by atoms with Gasteiger partial charge in [-0.15, -0.1) is 12.4 Å². The molecule has 1 unspecified atom stereocenters. The van der Waals surface area contributed by atoms with Gasteiger partial charge in [-0.3, -0.25) is 15.0 Å². The van der Waals surface area contributed by atoms with Gasteiger partial charge in [0.15, 0.2) is 11.9 Å². The SMILES string of the molecule is C.C.Cl.Cn1cc(-c2nc(N)c3c(n2)NC(=O)C3(C)C)nc1Cc1ccccc1F.Cn1cc(C(=N)N)nc1Cc1ccccc1F.O=C=O.[C-]#[N+]C(C#N)C(C)(C)CC. The van der Waals surface area contributed by atoms with Gasteiger partial charge in [0.2, 0.25) is 5.91 Å². The van der Waals surface area contributed by atoms with Gasteiger partial charge in [0.05, 0.1) is 16.4 Å². The van der Waals surface area contributed by atoms with Gasteiger partial charge in [-0.05, 0) is 43.5 Å². The number of hydrogen-bond donors (Lipinski definition) is 4. The second-order valence-corrected chi connectivity index (χ2v) is 14.1. The number of aromatic nitrogens is 6. The zero-order valence-corrected chi connectivity index (χ0v) is 33.9. The highest BCUT2D eigenvalue weighted by atomic mass is 35.5. The third-order valence-corrected chi connectivity index (χ3v) is 9.33. The Balaban J connectivity index is 0.000000910. The maximum absolute atomic E-state index is 13.9. The molecule has 0 saturated heterocycles. The van der Waals surface area contributed by atoms with Crippen LogP contribution >= 0.6 is 12.4 Å². The maximum Gasteiger partial charge on any atom is 0.373 e. The molecule has 0 aliphatic carbocycles. The summed E-state index contributed by atoms with van der Waals surface area (Å²) in [6.07, 6.45) is 5.27. The third kappa shape index (κ3) is 12.8. The smallest absolute Gasteiger partial charge is 0.373 e. The molecule has 3 aromatic heterocycles. The van der Waals surface area contributed by atoms with E-state index < -0.39 is 11.5 Å². The van der Waals surface area contributed by atoms with E-state index in [4.69, 9.17) is 38.3 Å². The lowest BCUT2D eigenvalue weighted by Crippen LogP contribution is -2.27. The molecule has 1 amide bonds. The summed E-state index contributed by atoms with van der Waals surface area (Å²) in [5.74, 6) is 1.55. The van der Waals surface area contributed by atoms with Crippen LogP contribution < -0.4 is 16.8 Å². The average Bonchev–Trinajstić information content (AvgIpc) is 3.79. The molecular weight excluding hydrogens is 794 g/mol. The fourth-order valence-corrected chi connectivity index (χ4v) is 5.45. The molecule has 4 heterocycles. The number of nitrogens with two attached hydrogens (primary N) is 2. The van der Waals surface area contributed by atoms with E-state index >= 15 is 0 Å². The van der Waals surface area contributed by atoms with Gasteiger partial charge in [0.25, 0.3) is 0 Å². The Morgan fingerprint density at radius 3 is 1.87 bits per heavy atom. The molecule has 0 saturated carbocycles. The molecule has 18 heteroatoms. The first-order valence-electron chi connectivity index (χ1n) is 17.5. The van der Waals surface area contributed by atoms with Crippen LogP contribution in [0, 0.1) is 40.4 Å². The molecule has 1 aliphatic heterocycles. The number of benzene rings is 2. The van der Waals surface area contributed by atoms with Crippen molar-refractivity contribution in [3.63, 3.8) is 0 Å². The minimum Gasteiger partial charge on any atom is -0.383 e. The number of carbonyl (C=O) groups excluding carboxylic acids is 3. The minimum absolute atomic E-state index is 0. The van der Waals surface area contributed by atoms with Crippen LogP contribution in [0.2, 0.25) is 0 Å². The molecule has 1 atom stereocenters. The van der Waals surface area contributed by atoms with Gasteiger partial charge >= 0.3 is 12.2 Å². The van der Waals surface area contributed by atoms with Gasteiger partial charge in [0.1, 0.15) is 52.1 Å². The fraction of sp³-hybridized carbons (Fsp3) is 0.357. The van der Waals surface area contributed by atoms with E-state index in [2.05, 4.69) is 30.1 Å². The Kier molecular flexibility index (Phi) is 20.3. The average molecular weight is 847 g/mol. The molecule has 6 rings (SSSR count). The largest absolute Gasteiger partial charge is 0.383 e. The third-order valence-electron chi connectivity index (χ3n) is 9.33. The normalized spacial score (nSPS) is 12.0. The lowest BCUT2D eigenvalue weighted by Gasteiger charge is -2.18. The summed E-state index contributed by atoms with van der Waals surface area (Å²) >= 11 is 0. The highest BCUT2D eigenvalue weighted by molar-refractivity contribution is 6.06. The zero-order chi connectivity index (χ0) is 42.7. The molecule has 0 spiro atoms. The molecule has 0 radical (unpaired) electrons. The number of amides is 1. The summed E-state index contributed by atoms with van der Waals surface area (Å²) in [6.45, 7) is 16.2. The molecule has 6 N–H and O–H groups in total. The number of anilines is 2. The summed E-state index contributed by atoms with van der Waals surface area (Å²) in [4.78, 5) is 49.2. The monoisotopic (exact) mass is 846 g/mol. The first kappa shape index (κ1) is 53.2. The maximum atomic E-state index is 13.9. The number of aryl methyl sites for hydroxylation is 2. The van der Waals surface area contributed by atoms with Crippen molar-refractivity contribution in [3.8, 4) is 17.6 Å². The Morgan fingerprint density at radius 1 is 0.967 bits per heavy atom. The molecular formula is C42H53ClF2N12O3. The van der Waals surface area contributed by atoms with Crippen molar-refractivity contribution in [3.05, 3.63) is 118 Å². The fourth-order valence-electron chi connectivity index (χ4n) is 5.45. The van der Waals surface area contributed by atoms with Gasteiger partial charge in [-0.25, -0.2) is 35.3 Å². The quantitative estimate of drug-likeness (QED) is 0.0697. The number of hydrogen-bond acceptors (Lipinski definition) is 10. The highest BCUT2D eigenvalue weighted by Crippen LogP contribution is 2.40. The van der Waals surface area contributed by atoms with Crippen LogP contribution in [0.25, 0.3) is 16.4 Å². The summed E-state index contributed by atoms with van der Waals surface area (Å²) in [7, 11) is 3.63. The van der Waals surface area contributed by atoms with E-state index in [1.165, 1.54) is 12.1 Å². The highest BCUT2D eigenvalue weighted by Gasteiger charge is 2.42. The Morgan fingerprint density at radius 2 is 1.45 bits per heavy atom. The van der Waals surface area contributed by atoms with Crippen molar-refractivity contribution in [2.24, 2.45) is 25.2 Å². The molecule has 0 bridgehead atoms. The lowest BCUT2D eigenvalue weighted by atomic mass is 9.83. The molecule has 1 aliphatic rings. The molecule has 2 aromatic carbocycles. The molecule has 320 valence electrons. The van der Waals surface area contributed by atoms with Crippen LogP contribution in [-0.2, 0) is 46.7 Å². The van der Waals surface area contributed by atoms with E-state index in [-0.39, 0.29) is 68.0 Å². The van der Waals surface area contributed by atoms with Crippen LogP contribution in [0.1, 0.15) is 89.9 Å². The van der Waals surface area contributed by atoms with Crippen molar-refractivity contribution in [2.45, 2.75) is 80.2 Å². The van der Waals surface area contributed by atoms with Crippen molar-refractivity contribution in [1.82, 2.24) is 29.1 Å². The van der Waals surface area contributed by atoms with Gasteiger partial charge in [-0.1, -0.05) is 72.0 Å². The van der Waals surface area contributed by atoms with Gasteiger partial charge in [-0.2, -0.15) is 14.9 Å². The number of amidine groups is 1. The van der Waals surface area contributed by atoms with E-state index in [0.717, 1.165) is 6.42 Å². The van der Waals surface area contributed by atoms with E-state index in [1.807, 2.05) is 33.9 Å². The molecule has 5 aromatic rings. The number of halogens is 3. The van der Waals surface area contributed by atoms with E-state index in [9.17, 15) is 13.6 Å². The number of rotatable bonds is 8. The van der Waals surface area contributed by atoms with Crippen LogP contribution in [0.3, 0.4) is 0 Å². The zero-order valence-electron chi connectivity index (χ0n) is 33.1. The van der Waals surface area contributed by atoms with E-state index in [0.29, 0.717) is 64.2 Å². The summed E-state index contributed by atoms with van der Waals surface area (Å²) < 4.78 is 31.0. The molecule has 60 heavy (non-hydrogen) atoms. The Hall–Kier alpha value is -6.81. The van der Waals surface area contributed by atoms with Crippen LogP contribution in [-0.4, -0.2) is 53.0 Å². The standard InChI is InChI=1S/C19H19FN6O.C12H13FN4.C8H12N2.CO2.2CH4.ClH/c1-19(2)14-15(21)23-16(24-17(14)25-18(19)27)12-9-26(3)13(22-12)8-10-6-4-5-7-11(10)20;1-17-7-10(12(14)15)16-11(17)6-8-4-2-3-5-9(8)13;1-5-8(2,3)7(6-9)10-4;2-1-3;;;/h4-7,9H,8H2,1-3H3,(H3,21,23,24,25,27);2-5,7H,6H2,1H3,(H3,14,15);7H,5H2,1-3H3;;2*1H4;1H. The molecule has 15 nitrogen and oxygen atoms in total. The van der Waals surface area contributed by atoms with Gasteiger partial charge in [0, 0.05) is 39.3 Å². The lowest BCUT2D eigenvalue weighted by molar-refractivity contribution is -0.191. The second kappa shape index (κ2) is 23.0. The number of nitriles is 1. The topological polar surface area (TPSA) is 229 Å². The second-order valence-electron chi connectivity index (χ2n) is 14.1.